The minimum absolute atomic E-state index is 0.570. The van der Waals surface area contributed by atoms with Crippen LogP contribution >= 0.6 is 0 Å². The Hall–Kier alpha value is -1.04. The minimum atomic E-state index is -0.731. The number of nitrogens with zero attached hydrogens (tertiary/aromatic N) is 3. The van der Waals surface area contributed by atoms with Gasteiger partial charge in [-0.2, -0.15) is 5.10 Å². The molecule has 0 amide bonds. The lowest BCUT2D eigenvalue weighted by molar-refractivity contribution is 0.684. The zero-order chi connectivity index (χ0) is 12.7. The van der Waals surface area contributed by atoms with Crippen LogP contribution in [-0.4, -0.2) is 37.9 Å². The molecule has 1 N–H and O–H groups in total. The van der Waals surface area contributed by atoms with Crippen LogP contribution in [0.5, 0.6) is 0 Å². The number of aryl methyl sites for hydroxylation is 2. The summed E-state index contributed by atoms with van der Waals surface area (Å²) >= 11 is 0. The van der Waals surface area contributed by atoms with Gasteiger partial charge in [0.05, 0.1) is 11.4 Å². The van der Waals surface area contributed by atoms with E-state index in [2.05, 4.69) is 34.3 Å². The highest BCUT2D eigenvalue weighted by molar-refractivity contribution is 7.84. The number of aromatic nitrogens is 3. The third-order valence-corrected chi connectivity index (χ3v) is 3.26. The molecule has 0 bridgehead atoms. The van der Waals surface area contributed by atoms with Gasteiger partial charge < -0.3 is 5.32 Å². The Kier molecular flexibility index (Phi) is 6.04. The van der Waals surface area contributed by atoms with Crippen LogP contribution in [-0.2, 0) is 23.6 Å². The molecule has 0 fully saturated rings. The zero-order valence-electron chi connectivity index (χ0n) is 10.7. The normalized spacial score (nSPS) is 12.4. The maximum atomic E-state index is 10.9. The molecule has 0 aliphatic heterocycles. The van der Waals surface area contributed by atoms with Gasteiger partial charge in [-0.3, -0.25) is 4.21 Å². The number of anilines is 1. The number of nitrogens with one attached hydrogen (secondary N) is 1. The number of rotatable bonds is 7. The van der Waals surface area contributed by atoms with Crippen molar-refractivity contribution in [2.75, 3.05) is 23.9 Å². The molecule has 1 aromatic rings. The van der Waals surface area contributed by atoms with Gasteiger partial charge in [0, 0.05) is 29.4 Å². The van der Waals surface area contributed by atoms with Crippen molar-refractivity contribution in [3.8, 4) is 0 Å². The highest BCUT2D eigenvalue weighted by Crippen LogP contribution is 2.06. The summed E-state index contributed by atoms with van der Waals surface area (Å²) in [6, 6.07) is 0. The van der Waals surface area contributed by atoms with Gasteiger partial charge in [0.15, 0.2) is 0 Å². The fourth-order valence-corrected chi connectivity index (χ4v) is 2.04. The van der Waals surface area contributed by atoms with Crippen molar-refractivity contribution in [2.24, 2.45) is 0 Å². The van der Waals surface area contributed by atoms with Crippen molar-refractivity contribution in [3.05, 3.63) is 11.4 Å². The molecule has 1 atom stereocenters. The van der Waals surface area contributed by atoms with Crippen molar-refractivity contribution >= 4 is 16.7 Å². The molecule has 1 unspecified atom stereocenters. The molecule has 0 saturated heterocycles. The second-order valence-corrected chi connectivity index (χ2v) is 5.35. The molecule has 96 valence electrons. The summed E-state index contributed by atoms with van der Waals surface area (Å²) in [6.07, 6.45) is 4.29. The molecule has 0 saturated carbocycles. The van der Waals surface area contributed by atoms with Crippen LogP contribution in [0.15, 0.2) is 0 Å². The maximum Gasteiger partial charge on any atom is 0.242 e. The zero-order valence-corrected chi connectivity index (χ0v) is 11.5. The summed E-state index contributed by atoms with van der Waals surface area (Å²) in [6.45, 7) is 4.84. The first-order valence-electron chi connectivity index (χ1n) is 5.93. The molecule has 1 rings (SSSR count). The molecule has 5 nitrogen and oxygen atoms in total. The Morgan fingerprint density at radius 2 is 1.88 bits per heavy atom. The summed E-state index contributed by atoms with van der Waals surface area (Å²) in [4.78, 5) is 4.42. The van der Waals surface area contributed by atoms with Crippen LogP contribution in [0.2, 0.25) is 0 Å². The first kappa shape index (κ1) is 14.0. The van der Waals surface area contributed by atoms with Gasteiger partial charge in [-0.25, -0.2) is 4.98 Å². The Balaban J connectivity index is 2.51. The number of hydrogen-bond acceptors (Lipinski definition) is 5. The van der Waals surface area contributed by atoms with Crippen molar-refractivity contribution in [1.29, 1.82) is 0 Å². The SMILES string of the molecule is CCc1nnc(NCCCS(C)=O)nc1CC. The van der Waals surface area contributed by atoms with E-state index in [4.69, 9.17) is 0 Å². The van der Waals surface area contributed by atoms with E-state index < -0.39 is 10.8 Å². The van der Waals surface area contributed by atoms with E-state index in [1.54, 1.807) is 6.26 Å². The van der Waals surface area contributed by atoms with Crippen molar-refractivity contribution in [3.63, 3.8) is 0 Å². The van der Waals surface area contributed by atoms with E-state index in [9.17, 15) is 4.21 Å². The molecule has 1 aromatic heterocycles. The Morgan fingerprint density at radius 3 is 2.47 bits per heavy atom. The first-order valence-corrected chi connectivity index (χ1v) is 7.66. The second kappa shape index (κ2) is 7.32. The third-order valence-electron chi connectivity index (χ3n) is 2.40. The summed E-state index contributed by atoms with van der Waals surface area (Å²) in [5.41, 5.74) is 1.97. The predicted octanol–water partition coefficient (Wildman–Crippen LogP) is 1.18. The third kappa shape index (κ3) is 4.77. The van der Waals surface area contributed by atoms with Gasteiger partial charge in [-0.1, -0.05) is 13.8 Å². The van der Waals surface area contributed by atoms with Gasteiger partial charge in [0.2, 0.25) is 5.95 Å². The Morgan fingerprint density at radius 1 is 1.18 bits per heavy atom. The first-order chi connectivity index (χ1) is 8.17. The number of hydrogen-bond donors (Lipinski definition) is 1. The van der Waals surface area contributed by atoms with Crippen LogP contribution in [0, 0.1) is 0 Å². The van der Waals surface area contributed by atoms with E-state index >= 15 is 0 Å². The largest absolute Gasteiger partial charge is 0.353 e. The molecule has 1 heterocycles. The van der Waals surface area contributed by atoms with Gasteiger partial charge in [0.25, 0.3) is 0 Å². The van der Waals surface area contributed by atoms with E-state index in [-0.39, 0.29) is 0 Å². The average molecular weight is 256 g/mol. The van der Waals surface area contributed by atoms with E-state index in [1.807, 2.05) is 0 Å². The molecule has 17 heavy (non-hydrogen) atoms. The monoisotopic (exact) mass is 256 g/mol. The smallest absolute Gasteiger partial charge is 0.242 e. The van der Waals surface area contributed by atoms with E-state index in [1.165, 1.54) is 0 Å². The predicted molar refractivity (Wildman–Crippen MR) is 70.6 cm³/mol. The van der Waals surface area contributed by atoms with Crippen LogP contribution in [0.3, 0.4) is 0 Å². The minimum Gasteiger partial charge on any atom is -0.353 e. The molecule has 0 aliphatic rings. The lowest BCUT2D eigenvalue weighted by Gasteiger charge is -2.07. The van der Waals surface area contributed by atoms with Gasteiger partial charge >= 0.3 is 0 Å². The van der Waals surface area contributed by atoms with Gasteiger partial charge in [-0.15, -0.1) is 5.10 Å². The van der Waals surface area contributed by atoms with Crippen LogP contribution in [0.1, 0.15) is 31.7 Å². The average Bonchev–Trinajstić information content (AvgIpc) is 2.34. The van der Waals surface area contributed by atoms with E-state index in [0.717, 1.165) is 37.2 Å². The highest BCUT2D eigenvalue weighted by Gasteiger charge is 2.05. The van der Waals surface area contributed by atoms with E-state index in [0.29, 0.717) is 11.7 Å². The topological polar surface area (TPSA) is 67.8 Å². The molecular formula is C11H20N4OS. The molecule has 0 spiro atoms. The van der Waals surface area contributed by atoms with Crippen molar-refractivity contribution < 1.29 is 4.21 Å². The lowest BCUT2D eigenvalue weighted by atomic mass is 10.2. The summed E-state index contributed by atoms with van der Waals surface area (Å²) in [5, 5.41) is 11.3. The standard InChI is InChI=1S/C11H20N4OS/c1-4-9-10(5-2)14-15-11(13-9)12-7-6-8-17(3)16/h4-8H2,1-3H3,(H,12,13,15). The molecule has 0 radical (unpaired) electrons. The second-order valence-electron chi connectivity index (χ2n) is 3.79. The summed E-state index contributed by atoms with van der Waals surface area (Å²) in [5.74, 6) is 1.27. The maximum absolute atomic E-state index is 10.9. The van der Waals surface area contributed by atoms with Crippen molar-refractivity contribution in [1.82, 2.24) is 15.2 Å². The van der Waals surface area contributed by atoms with Gasteiger partial charge in [-0.05, 0) is 19.3 Å². The quantitative estimate of drug-likeness (QED) is 0.742. The summed E-state index contributed by atoms with van der Waals surface area (Å²) < 4.78 is 10.9. The lowest BCUT2D eigenvalue weighted by Crippen LogP contribution is -2.12. The molecular weight excluding hydrogens is 236 g/mol. The fraction of sp³-hybridized carbons (Fsp3) is 0.727. The van der Waals surface area contributed by atoms with Crippen LogP contribution < -0.4 is 5.32 Å². The van der Waals surface area contributed by atoms with Gasteiger partial charge in [0.1, 0.15) is 0 Å². The summed E-state index contributed by atoms with van der Waals surface area (Å²) in [7, 11) is -0.731. The van der Waals surface area contributed by atoms with Crippen molar-refractivity contribution in [2.45, 2.75) is 33.1 Å². The molecule has 6 heteroatoms. The van der Waals surface area contributed by atoms with Crippen LogP contribution in [0.4, 0.5) is 5.95 Å². The molecule has 0 aliphatic carbocycles. The fourth-order valence-electron chi connectivity index (χ4n) is 1.49. The Bertz CT molecular complexity index is 384. The Labute approximate surface area is 105 Å². The van der Waals surface area contributed by atoms with Crippen LogP contribution in [0.25, 0.3) is 0 Å². The molecule has 0 aromatic carbocycles. The highest BCUT2D eigenvalue weighted by atomic mass is 32.2.